The summed E-state index contributed by atoms with van der Waals surface area (Å²) in [7, 11) is -3.36. The molecule has 15 heteroatoms. The smallest absolute Gasteiger partial charge is 0.275 e. The van der Waals surface area contributed by atoms with E-state index in [0.717, 1.165) is 19.1 Å². The normalized spacial score (nSPS) is 17.8. The first-order chi connectivity index (χ1) is 17.7. The highest BCUT2D eigenvalue weighted by molar-refractivity contribution is 7.88. The van der Waals surface area contributed by atoms with Gasteiger partial charge in [-0.2, -0.15) is 10.2 Å². The molecule has 2 fully saturated rings. The lowest BCUT2D eigenvalue weighted by molar-refractivity contribution is 0.0443. The minimum Gasteiger partial charge on any atom is -0.373 e. The maximum atomic E-state index is 11.5. The van der Waals surface area contributed by atoms with Crippen molar-refractivity contribution >= 4 is 56.2 Å². The van der Waals surface area contributed by atoms with Crippen LogP contribution in [0.1, 0.15) is 18.4 Å². The highest BCUT2D eigenvalue weighted by atomic mass is 35.5. The molecule has 1 aliphatic heterocycles. The number of nitriles is 1. The Morgan fingerprint density at radius 2 is 2.19 bits per heavy atom. The van der Waals surface area contributed by atoms with Crippen LogP contribution in [-0.4, -0.2) is 72.6 Å². The molecule has 1 unspecified atom stereocenters. The number of ether oxygens (including phenoxy) is 1. The van der Waals surface area contributed by atoms with Crippen molar-refractivity contribution in [2.24, 2.45) is 0 Å². The number of rotatable bonds is 8. The summed E-state index contributed by atoms with van der Waals surface area (Å²) in [6, 6.07) is 5.72. The fraction of sp³-hybridized carbons (Fsp3) is 0.409. The zero-order valence-corrected chi connectivity index (χ0v) is 21.3. The minimum atomic E-state index is -3.36. The van der Waals surface area contributed by atoms with Crippen LogP contribution in [0.2, 0.25) is 5.02 Å². The number of anilines is 4. The molecule has 2 aliphatic rings. The molecular formula is C22H23ClN10O3S. The van der Waals surface area contributed by atoms with Crippen molar-refractivity contribution in [3.05, 3.63) is 40.3 Å². The molecule has 0 spiro atoms. The third-order valence-corrected chi connectivity index (χ3v) is 6.95. The van der Waals surface area contributed by atoms with E-state index in [9.17, 15) is 13.7 Å². The van der Waals surface area contributed by atoms with E-state index in [1.54, 1.807) is 12.1 Å². The number of halogens is 1. The Labute approximate surface area is 218 Å². The van der Waals surface area contributed by atoms with E-state index in [0.29, 0.717) is 59.2 Å². The Hall–Kier alpha value is -3.69. The SMILES string of the molecule is [C-]#[N+]c1cnc2c(NC3CC3)nc(Nc3cc(C#N)cc(N4CCOC(CNS(C)(=O)=O)C4)c3Cl)nn12. The average Bonchev–Trinajstić information content (AvgIpc) is 3.59. The first-order valence-electron chi connectivity index (χ1n) is 11.5. The topological polar surface area (TPSA) is 154 Å². The van der Waals surface area contributed by atoms with E-state index in [4.69, 9.17) is 22.9 Å². The van der Waals surface area contributed by atoms with Crippen molar-refractivity contribution in [2.75, 3.05) is 48.0 Å². The van der Waals surface area contributed by atoms with Gasteiger partial charge < -0.3 is 25.1 Å². The standard InChI is InChI=1S/C22H23ClN10O3S/c1-25-18-11-26-21-20(28-14-3-4-14)30-22(31-33(18)21)29-16-7-13(9-24)8-17(19(16)23)32-5-6-36-15(12-32)10-27-37(2,34)35/h7-8,11,14-15,27H,3-6,10,12H2,2H3,(H2,28,29,30,31). The first-order valence-corrected chi connectivity index (χ1v) is 13.7. The summed E-state index contributed by atoms with van der Waals surface area (Å²) in [6.07, 6.45) is 4.18. The summed E-state index contributed by atoms with van der Waals surface area (Å²) < 4.78 is 32.6. The number of nitrogens with one attached hydrogen (secondary N) is 3. The molecule has 5 rings (SSSR count). The predicted molar refractivity (Wildman–Crippen MR) is 138 cm³/mol. The third-order valence-electron chi connectivity index (χ3n) is 5.86. The molecule has 0 bridgehead atoms. The van der Waals surface area contributed by atoms with E-state index >= 15 is 0 Å². The van der Waals surface area contributed by atoms with Crippen molar-refractivity contribution in [1.29, 1.82) is 5.26 Å². The molecule has 1 atom stereocenters. The van der Waals surface area contributed by atoms with Crippen LogP contribution in [0.15, 0.2) is 18.3 Å². The maximum absolute atomic E-state index is 11.5. The molecule has 0 amide bonds. The molecule has 37 heavy (non-hydrogen) atoms. The number of sulfonamides is 1. The van der Waals surface area contributed by atoms with Gasteiger partial charge >= 0.3 is 0 Å². The van der Waals surface area contributed by atoms with Gasteiger partial charge in [-0.05, 0) is 25.0 Å². The lowest BCUT2D eigenvalue weighted by atomic mass is 10.1. The van der Waals surface area contributed by atoms with Gasteiger partial charge in [0.15, 0.2) is 5.82 Å². The maximum Gasteiger partial charge on any atom is 0.275 e. The predicted octanol–water partition coefficient (Wildman–Crippen LogP) is 2.27. The van der Waals surface area contributed by atoms with Crippen LogP contribution in [0.3, 0.4) is 0 Å². The molecule has 1 saturated carbocycles. The number of nitrogens with zero attached hydrogens (tertiary/aromatic N) is 7. The summed E-state index contributed by atoms with van der Waals surface area (Å²) in [4.78, 5) is 14.3. The van der Waals surface area contributed by atoms with Crippen molar-refractivity contribution in [3.63, 3.8) is 0 Å². The summed E-state index contributed by atoms with van der Waals surface area (Å²) in [6.45, 7) is 8.78. The summed E-state index contributed by atoms with van der Waals surface area (Å²) >= 11 is 6.80. The number of benzene rings is 1. The summed E-state index contributed by atoms with van der Waals surface area (Å²) in [5.41, 5.74) is 1.82. The summed E-state index contributed by atoms with van der Waals surface area (Å²) in [5.74, 6) is 0.912. The fourth-order valence-corrected chi connectivity index (χ4v) is 4.70. The van der Waals surface area contributed by atoms with E-state index < -0.39 is 16.1 Å². The van der Waals surface area contributed by atoms with E-state index in [2.05, 4.69) is 41.3 Å². The van der Waals surface area contributed by atoms with Gasteiger partial charge in [0.25, 0.3) is 17.4 Å². The monoisotopic (exact) mass is 542 g/mol. The summed E-state index contributed by atoms with van der Waals surface area (Å²) in [5, 5.41) is 20.9. The highest BCUT2D eigenvalue weighted by Crippen LogP contribution is 2.37. The van der Waals surface area contributed by atoms with Gasteiger partial charge in [0.1, 0.15) is 0 Å². The van der Waals surface area contributed by atoms with Gasteiger partial charge in [-0.3, -0.25) is 0 Å². The lowest BCUT2D eigenvalue weighted by Crippen LogP contribution is -2.47. The van der Waals surface area contributed by atoms with Crippen LogP contribution in [-0.2, 0) is 14.8 Å². The van der Waals surface area contributed by atoms with Crippen molar-refractivity contribution in [1.82, 2.24) is 24.3 Å². The van der Waals surface area contributed by atoms with E-state index in [-0.39, 0.29) is 18.3 Å². The zero-order valence-electron chi connectivity index (χ0n) is 19.8. The average molecular weight is 543 g/mol. The first kappa shape index (κ1) is 25.0. The molecule has 13 nitrogen and oxygen atoms in total. The van der Waals surface area contributed by atoms with Gasteiger partial charge in [0.05, 0.1) is 53.2 Å². The fourth-order valence-electron chi connectivity index (χ4n) is 3.94. The second-order valence-corrected chi connectivity index (χ2v) is 11.0. The van der Waals surface area contributed by atoms with Gasteiger partial charge in [-0.15, -0.1) is 4.52 Å². The van der Waals surface area contributed by atoms with Gasteiger partial charge in [-0.25, -0.2) is 18.1 Å². The van der Waals surface area contributed by atoms with Crippen LogP contribution < -0.4 is 20.3 Å². The van der Waals surface area contributed by atoms with Crippen molar-refractivity contribution < 1.29 is 13.2 Å². The molecule has 1 aromatic carbocycles. The third kappa shape index (κ3) is 5.68. The van der Waals surface area contributed by atoms with Gasteiger partial charge in [0, 0.05) is 25.7 Å². The van der Waals surface area contributed by atoms with Gasteiger partial charge in [0.2, 0.25) is 10.0 Å². The van der Waals surface area contributed by atoms with E-state index in [1.807, 2.05) is 4.90 Å². The molecule has 2 aromatic heterocycles. The molecule has 3 aromatic rings. The van der Waals surface area contributed by atoms with Crippen LogP contribution in [0.4, 0.5) is 29.0 Å². The molecule has 3 heterocycles. The van der Waals surface area contributed by atoms with Crippen LogP contribution >= 0.6 is 11.6 Å². The Balaban J connectivity index is 1.46. The number of morpholine rings is 1. The molecule has 0 radical (unpaired) electrons. The second-order valence-electron chi connectivity index (χ2n) is 8.82. The van der Waals surface area contributed by atoms with Crippen LogP contribution in [0, 0.1) is 17.9 Å². The zero-order chi connectivity index (χ0) is 26.2. The number of aromatic nitrogens is 4. The number of hydrogen-bond acceptors (Lipinski definition) is 10. The highest BCUT2D eigenvalue weighted by Gasteiger charge is 2.27. The number of imidazole rings is 1. The minimum absolute atomic E-state index is 0.120. The quantitative estimate of drug-likeness (QED) is 0.361. The second kappa shape index (κ2) is 9.99. The van der Waals surface area contributed by atoms with Crippen LogP contribution in [0.25, 0.3) is 10.5 Å². The van der Waals surface area contributed by atoms with Crippen LogP contribution in [0.5, 0.6) is 0 Å². The molecule has 1 saturated heterocycles. The largest absolute Gasteiger partial charge is 0.373 e. The van der Waals surface area contributed by atoms with E-state index in [1.165, 1.54) is 10.7 Å². The Bertz CT molecular complexity index is 1540. The van der Waals surface area contributed by atoms with Crippen molar-refractivity contribution in [2.45, 2.75) is 25.0 Å². The number of fused-ring (bicyclic) bond motifs is 1. The Morgan fingerprint density at radius 3 is 2.89 bits per heavy atom. The molecule has 1 aliphatic carbocycles. The molecular weight excluding hydrogens is 520 g/mol. The Morgan fingerprint density at radius 1 is 1.38 bits per heavy atom. The molecule has 192 valence electrons. The molecule has 3 N–H and O–H groups in total. The Kier molecular flexibility index (Phi) is 6.74. The lowest BCUT2D eigenvalue weighted by Gasteiger charge is -2.35. The number of hydrogen-bond donors (Lipinski definition) is 3. The van der Waals surface area contributed by atoms with Crippen molar-refractivity contribution in [3.8, 4) is 6.07 Å². The van der Waals surface area contributed by atoms with Gasteiger partial charge in [-0.1, -0.05) is 23.3 Å².